The molecule has 5 nitrogen and oxygen atoms in total. The summed E-state index contributed by atoms with van der Waals surface area (Å²) in [7, 11) is 1.55. The van der Waals surface area contributed by atoms with E-state index < -0.39 is 54.2 Å². The van der Waals surface area contributed by atoms with E-state index in [2.05, 4.69) is 10.4 Å². The van der Waals surface area contributed by atoms with Gasteiger partial charge in [-0.1, -0.05) is 17.7 Å². The average Bonchev–Trinajstić information content (AvgIpc) is 3.32. The lowest BCUT2D eigenvalue weighted by atomic mass is 9.76. The molecule has 2 aliphatic heterocycles. The van der Waals surface area contributed by atoms with Crippen molar-refractivity contribution in [3.8, 4) is 0 Å². The second-order valence-corrected chi connectivity index (χ2v) is 10.1. The van der Waals surface area contributed by atoms with Gasteiger partial charge in [0.05, 0.1) is 28.3 Å². The Kier molecular flexibility index (Phi) is 6.80. The van der Waals surface area contributed by atoms with E-state index in [0.717, 1.165) is 6.07 Å². The third-order valence-electron chi connectivity index (χ3n) is 6.79. The minimum absolute atomic E-state index is 0.00852. The summed E-state index contributed by atoms with van der Waals surface area (Å²) in [5.41, 5.74) is 1.81. The predicted octanol–water partition coefficient (Wildman–Crippen LogP) is 5.31. The number of hydrogen-bond acceptors (Lipinski definition) is 5. The first-order valence-electron chi connectivity index (χ1n) is 11.2. The third-order valence-corrected chi connectivity index (χ3v) is 7.83. The van der Waals surface area contributed by atoms with Gasteiger partial charge in [0, 0.05) is 36.0 Å². The first-order valence-corrected chi connectivity index (χ1v) is 12.5. The van der Waals surface area contributed by atoms with Gasteiger partial charge in [0.2, 0.25) is 6.43 Å². The van der Waals surface area contributed by atoms with Crippen LogP contribution in [0.5, 0.6) is 0 Å². The number of carbonyl (C=O) groups is 1. The van der Waals surface area contributed by atoms with Gasteiger partial charge in [-0.25, -0.2) is 22.0 Å². The molecule has 3 unspecified atom stereocenters. The first-order chi connectivity index (χ1) is 17.6. The Balaban J connectivity index is 1.69. The number of carbonyl (C=O) groups excluding carboxylic acids is 1. The number of alkyl halides is 2. The Bertz CT molecular complexity index is 1400. The van der Waals surface area contributed by atoms with Crippen molar-refractivity contribution in [2.75, 3.05) is 7.05 Å². The number of nitrogens with one attached hydrogen (secondary N) is 1. The molecule has 194 valence electrons. The van der Waals surface area contributed by atoms with E-state index in [0.29, 0.717) is 34.9 Å². The van der Waals surface area contributed by atoms with E-state index in [9.17, 15) is 26.7 Å². The fourth-order valence-corrected chi connectivity index (χ4v) is 5.95. The van der Waals surface area contributed by atoms with Crippen LogP contribution in [-0.2, 0) is 11.2 Å². The fourth-order valence-electron chi connectivity index (χ4n) is 5.27. The van der Waals surface area contributed by atoms with Crippen LogP contribution >= 0.6 is 23.5 Å². The normalized spacial score (nSPS) is 22.8. The van der Waals surface area contributed by atoms with Crippen LogP contribution in [0.3, 0.4) is 0 Å². The van der Waals surface area contributed by atoms with Crippen LogP contribution in [0.4, 0.5) is 22.0 Å². The van der Waals surface area contributed by atoms with Gasteiger partial charge in [0.1, 0.15) is 17.5 Å². The highest BCUT2D eigenvalue weighted by molar-refractivity contribution is 7.97. The molecule has 1 amide bonds. The Hall–Kier alpha value is -2.89. The van der Waals surface area contributed by atoms with Crippen molar-refractivity contribution >= 4 is 35.2 Å². The predicted molar refractivity (Wildman–Crippen MR) is 131 cm³/mol. The van der Waals surface area contributed by atoms with E-state index in [1.807, 2.05) is 0 Å². The van der Waals surface area contributed by atoms with Crippen LogP contribution < -0.4 is 10.5 Å². The highest BCUT2D eigenvalue weighted by Gasteiger charge is 2.48. The number of hydrazone groups is 1. The lowest BCUT2D eigenvalue weighted by Crippen LogP contribution is -2.34. The second kappa shape index (κ2) is 9.77. The van der Waals surface area contributed by atoms with Gasteiger partial charge in [-0.3, -0.25) is 14.9 Å². The highest BCUT2D eigenvalue weighted by atomic mass is 35.5. The molecule has 0 saturated heterocycles. The number of nitrogens with zero attached hydrogens (tertiary/aromatic N) is 2. The zero-order valence-corrected chi connectivity index (χ0v) is 20.8. The molecule has 2 heterocycles. The van der Waals surface area contributed by atoms with Crippen LogP contribution in [0, 0.1) is 23.4 Å². The summed E-state index contributed by atoms with van der Waals surface area (Å²) in [6, 6.07) is 3.94. The van der Waals surface area contributed by atoms with E-state index in [4.69, 9.17) is 16.7 Å². The molecule has 0 bridgehead atoms. The van der Waals surface area contributed by atoms with E-state index in [1.165, 1.54) is 23.2 Å². The standard InChI is InChI=1S/C25H20ClF5N4OS/c1-35-18(9-19(30)31)15-6-10(4-11-5-13(28)8-17(29)24(11)37-32)20-21(23(15)34-35)25(36)33-22(20)14-7-12(27)2-3-16(14)26/h2-3,5-8,15,18-19,22H,4,9,32H2,1H3,(H,33,36). The zero-order valence-electron chi connectivity index (χ0n) is 19.2. The number of amides is 1. The summed E-state index contributed by atoms with van der Waals surface area (Å²) in [5, 5.41) is 14.5. The fraction of sp³-hybridized carbons (Fsp3) is 0.280. The van der Waals surface area contributed by atoms with Crippen LogP contribution in [-0.4, -0.2) is 36.1 Å². The van der Waals surface area contributed by atoms with E-state index in [-0.39, 0.29) is 33.0 Å². The summed E-state index contributed by atoms with van der Waals surface area (Å²) in [4.78, 5) is 13.3. The second-order valence-electron chi connectivity index (χ2n) is 9.00. The first kappa shape index (κ1) is 25.7. The van der Waals surface area contributed by atoms with Gasteiger partial charge >= 0.3 is 0 Å². The molecule has 0 fully saturated rings. The van der Waals surface area contributed by atoms with Crippen molar-refractivity contribution in [1.82, 2.24) is 10.3 Å². The topological polar surface area (TPSA) is 70.7 Å². The van der Waals surface area contributed by atoms with Crippen molar-refractivity contribution < 1.29 is 26.7 Å². The van der Waals surface area contributed by atoms with Crippen molar-refractivity contribution in [1.29, 1.82) is 0 Å². The Morgan fingerprint density at radius 3 is 2.65 bits per heavy atom. The summed E-state index contributed by atoms with van der Waals surface area (Å²) in [5.74, 6) is -3.45. The molecule has 0 spiro atoms. The van der Waals surface area contributed by atoms with Crippen LogP contribution in [0.15, 0.2) is 63.1 Å². The van der Waals surface area contributed by atoms with Gasteiger partial charge in [-0.05, 0) is 59.3 Å². The number of benzene rings is 2. The lowest BCUT2D eigenvalue weighted by Gasteiger charge is -2.28. The third kappa shape index (κ3) is 4.53. The molecule has 0 saturated carbocycles. The monoisotopic (exact) mass is 554 g/mol. The zero-order chi connectivity index (χ0) is 26.6. The Morgan fingerprint density at radius 1 is 1.19 bits per heavy atom. The maximum Gasteiger partial charge on any atom is 0.254 e. The Labute approximate surface area is 218 Å². The molecule has 12 heteroatoms. The highest BCUT2D eigenvalue weighted by Crippen LogP contribution is 2.46. The molecule has 5 rings (SSSR count). The molecule has 37 heavy (non-hydrogen) atoms. The van der Waals surface area contributed by atoms with Gasteiger partial charge in [0.25, 0.3) is 5.91 Å². The van der Waals surface area contributed by atoms with Crippen molar-refractivity contribution in [2.24, 2.45) is 16.2 Å². The Morgan fingerprint density at radius 2 is 1.95 bits per heavy atom. The summed E-state index contributed by atoms with van der Waals surface area (Å²) >= 11 is 6.97. The number of nitrogens with two attached hydrogens (primary N) is 1. The molecule has 3 atom stereocenters. The van der Waals surface area contributed by atoms with Crippen molar-refractivity contribution in [2.45, 2.75) is 36.2 Å². The molecule has 0 radical (unpaired) electrons. The van der Waals surface area contributed by atoms with Crippen LogP contribution in [0.25, 0.3) is 0 Å². The molecular weight excluding hydrogens is 535 g/mol. The lowest BCUT2D eigenvalue weighted by molar-refractivity contribution is -0.116. The van der Waals surface area contributed by atoms with Crippen LogP contribution in [0.2, 0.25) is 5.02 Å². The smallest absolute Gasteiger partial charge is 0.254 e. The van der Waals surface area contributed by atoms with Crippen molar-refractivity contribution in [3.05, 3.63) is 86.7 Å². The van der Waals surface area contributed by atoms with Crippen LogP contribution in [0.1, 0.15) is 23.6 Å². The minimum Gasteiger partial charge on any atom is -0.341 e. The summed E-state index contributed by atoms with van der Waals surface area (Å²) in [6.07, 6.45) is -1.49. The summed E-state index contributed by atoms with van der Waals surface area (Å²) in [6.45, 7) is 0. The molecule has 3 aliphatic rings. The number of hydrogen-bond donors (Lipinski definition) is 2. The maximum atomic E-state index is 14.5. The molecule has 2 aromatic carbocycles. The van der Waals surface area contributed by atoms with E-state index in [1.54, 1.807) is 13.1 Å². The summed E-state index contributed by atoms with van der Waals surface area (Å²) < 4.78 is 69.7. The number of rotatable bonds is 6. The molecule has 2 aromatic rings. The number of halogens is 6. The molecule has 0 aromatic heterocycles. The van der Waals surface area contributed by atoms with Gasteiger partial charge in [-0.2, -0.15) is 5.10 Å². The number of fused-ring (bicyclic) bond motifs is 2. The van der Waals surface area contributed by atoms with E-state index >= 15 is 0 Å². The quantitative estimate of drug-likeness (QED) is 0.375. The maximum absolute atomic E-state index is 14.5. The van der Waals surface area contributed by atoms with Gasteiger partial charge in [0.15, 0.2) is 0 Å². The minimum atomic E-state index is -2.62. The van der Waals surface area contributed by atoms with Crippen molar-refractivity contribution in [3.63, 3.8) is 0 Å². The SMILES string of the molecule is CN1N=C2C3=C(C(Cc4cc(F)cc(F)c4SN)=CC2C1CC(F)F)C(c1cc(F)ccc1Cl)NC3=O. The molecular formula is C25H20ClF5N4OS. The molecule has 3 N–H and O–H groups in total. The van der Waals surface area contributed by atoms with Gasteiger partial charge in [-0.15, -0.1) is 0 Å². The molecule has 1 aliphatic carbocycles. The largest absolute Gasteiger partial charge is 0.341 e. The average molecular weight is 555 g/mol. The van der Waals surface area contributed by atoms with Gasteiger partial charge < -0.3 is 5.32 Å².